The molecule has 0 radical (unpaired) electrons. The van der Waals surface area contributed by atoms with Crippen LogP contribution in [0.3, 0.4) is 0 Å². The summed E-state index contributed by atoms with van der Waals surface area (Å²) in [7, 11) is 0. The molecule has 0 heterocycles. The standard InChI is InChI=1S/C10H14OS/c1-3-12-7-9-5-4-8(2)10(11)6-9/h4-6,11H,3,7H2,1-2H3. The highest BCUT2D eigenvalue weighted by atomic mass is 32.2. The summed E-state index contributed by atoms with van der Waals surface area (Å²) < 4.78 is 0. The van der Waals surface area contributed by atoms with Crippen LogP contribution in [0.5, 0.6) is 5.75 Å². The molecule has 0 aliphatic carbocycles. The van der Waals surface area contributed by atoms with Gasteiger partial charge in [0.05, 0.1) is 0 Å². The number of phenolic OH excluding ortho intramolecular Hbond substituents is 1. The van der Waals surface area contributed by atoms with E-state index in [0.29, 0.717) is 5.75 Å². The van der Waals surface area contributed by atoms with Crippen LogP contribution in [0.15, 0.2) is 18.2 Å². The van der Waals surface area contributed by atoms with E-state index in [0.717, 1.165) is 17.1 Å². The van der Waals surface area contributed by atoms with Crippen LogP contribution in [0.4, 0.5) is 0 Å². The zero-order chi connectivity index (χ0) is 8.97. The zero-order valence-electron chi connectivity index (χ0n) is 7.50. The third kappa shape index (κ3) is 2.45. The third-order valence-electron chi connectivity index (χ3n) is 1.75. The lowest BCUT2D eigenvalue weighted by Crippen LogP contribution is -1.82. The number of hydrogen-bond donors (Lipinski definition) is 1. The van der Waals surface area contributed by atoms with Gasteiger partial charge in [0.15, 0.2) is 0 Å². The summed E-state index contributed by atoms with van der Waals surface area (Å²) in [6, 6.07) is 5.87. The Morgan fingerprint density at radius 3 is 2.75 bits per heavy atom. The first-order chi connectivity index (χ1) is 5.74. The first kappa shape index (κ1) is 9.46. The van der Waals surface area contributed by atoms with Gasteiger partial charge in [-0.1, -0.05) is 19.1 Å². The molecule has 0 saturated carbocycles. The van der Waals surface area contributed by atoms with E-state index in [4.69, 9.17) is 0 Å². The van der Waals surface area contributed by atoms with Crippen LogP contribution in [-0.4, -0.2) is 10.9 Å². The van der Waals surface area contributed by atoms with E-state index in [2.05, 4.69) is 13.0 Å². The smallest absolute Gasteiger partial charge is 0.118 e. The summed E-state index contributed by atoms with van der Waals surface area (Å²) in [5.74, 6) is 2.52. The lowest BCUT2D eigenvalue weighted by atomic mass is 10.1. The molecule has 0 aliphatic rings. The van der Waals surface area contributed by atoms with Crippen molar-refractivity contribution in [3.05, 3.63) is 29.3 Å². The number of hydrogen-bond acceptors (Lipinski definition) is 2. The molecule has 0 unspecified atom stereocenters. The predicted octanol–water partition coefficient (Wildman–Crippen LogP) is 2.95. The average Bonchev–Trinajstić information content (AvgIpc) is 2.07. The number of rotatable bonds is 3. The largest absolute Gasteiger partial charge is 0.508 e. The lowest BCUT2D eigenvalue weighted by Gasteiger charge is -2.02. The van der Waals surface area contributed by atoms with Gasteiger partial charge in [0.1, 0.15) is 5.75 Å². The Bertz CT molecular complexity index is 258. The lowest BCUT2D eigenvalue weighted by molar-refractivity contribution is 0.470. The van der Waals surface area contributed by atoms with Crippen LogP contribution < -0.4 is 0 Å². The molecular formula is C10H14OS. The van der Waals surface area contributed by atoms with Crippen molar-refractivity contribution < 1.29 is 5.11 Å². The Morgan fingerprint density at radius 1 is 1.42 bits per heavy atom. The van der Waals surface area contributed by atoms with Gasteiger partial charge < -0.3 is 5.11 Å². The molecular weight excluding hydrogens is 168 g/mol. The van der Waals surface area contributed by atoms with Crippen molar-refractivity contribution in [2.75, 3.05) is 5.75 Å². The Labute approximate surface area is 77.8 Å². The van der Waals surface area contributed by atoms with Crippen molar-refractivity contribution in [2.24, 2.45) is 0 Å². The van der Waals surface area contributed by atoms with Gasteiger partial charge in [-0.15, -0.1) is 0 Å². The maximum absolute atomic E-state index is 9.39. The maximum atomic E-state index is 9.39. The molecule has 1 nitrogen and oxygen atoms in total. The van der Waals surface area contributed by atoms with Crippen LogP contribution in [0, 0.1) is 6.92 Å². The van der Waals surface area contributed by atoms with Gasteiger partial charge >= 0.3 is 0 Å². The van der Waals surface area contributed by atoms with E-state index in [1.165, 1.54) is 5.56 Å². The monoisotopic (exact) mass is 182 g/mol. The molecule has 0 bridgehead atoms. The highest BCUT2D eigenvalue weighted by molar-refractivity contribution is 7.98. The van der Waals surface area contributed by atoms with Gasteiger partial charge in [-0.25, -0.2) is 0 Å². The van der Waals surface area contributed by atoms with Gasteiger partial charge in [0.2, 0.25) is 0 Å². The normalized spacial score (nSPS) is 10.2. The minimum atomic E-state index is 0.407. The van der Waals surface area contributed by atoms with Gasteiger partial charge in [-0.05, 0) is 29.9 Å². The molecule has 1 aromatic carbocycles. The fourth-order valence-corrected chi connectivity index (χ4v) is 1.58. The first-order valence-electron chi connectivity index (χ1n) is 4.10. The van der Waals surface area contributed by atoms with Gasteiger partial charge in [-0.3, -0.25) is 0 Å². The summed E-state index contributed by atoms with van der Waals surface area (Å²) in [5.41, 5.74) is 2.14. The Kier molecular flexibility index (Phi) is 3.48. The van der Waals surface area contributed by atoms with Gasteiger partial charge in [0.25, 0.3) is 0 Å². The molecule has 66 valence electrons. The second-order valence-corrected chi connectivity index (χ2v) is 4.03. The molecule has 0 aliphatic heterocycles. The van der Waals surface area contributed by atoms with E-state index < -0.39 is 0 Å². The molecule has 2 heteroatoms. The summed E-state index contributed by atoms with van der Waals surface area (Å²) in [4.78, 5) is 0. The number of aromatic hydroxyl groups is 1. The minimum absolute atomic E-state index is 0.407. The third-order valence-corrected chi connectivity index (χ3v) is 2.69. The second kappa shape index (κ2) is 4.41. The highest BCUT2D eigenvalue weighted by Gasteiger charge is 1.97. The fourth-order valence-electron chi connectivity index (χ4n) is 0.965. The van der Waals surface area contributed by atoms with Crippen molar-refractivity contribution in [1.29, 1.82) is 0 Å². The molecule has 0 atom stereocenters. The fraction of sp³-hybridized carbons (Fsp3) is 0.400. The summed E-state index contributed by atoms with van der Waals surface area (Å²) in [5, 5.41) is 9.39. The number of thioether (sulfide) groups is 1. The Morgan fingerprint density at radius 2 is 2.17 bits per heavy atom. The molecule has 0 saturated heterocycles. The van der Waals surface area contributed by atoms with E-state index >= 15 is 0 Å². The van der Waals surface area contributed by atoms with Crippen LogP contribution >= 0.6 is 11.8 Å². The first-order valence-corrected chi connectivity index (χ1v) is 5.25. The van der Waals surface area contributed by atoms with Crippen molar-refractivity contribution >= 4 is 11.8 Å². The molecule has 1 N–H and O–H groups in total. The predicted molar refractivity (Wildman–Crippen MR) is 54.7 cm³/mol. The summed E-state index contributed by atoms with van der Waals surface area (Å²) >= 11 is 1.86. The van der Waals surface area contributed by atoms with Crippen LogP contribution in [0.25, 0.3) is 0 Å². The van der Waals surface area contributed by atoms with E-state index in [1.54, 1.807) is 0 Å². The van der Waals surface area contributed by atoms with Crippen molar-refractivity contribution in [2.45, 2.75) is 19.6 Å². The molecule has 12 heavy (non-hydrogen) atoms. The van der Waals surface area contributed by atoms with Gasteiger partial charge in [-0.2, -0.15) is 11.8 Å². The maximum Gasteiger partial charge on any atom is 0.118 e. The second-order valence-electron chi connectivity index (χ2n) is 2.76. The number of phenols is 1. The van der Waals surface area contributed by atoms with E-state index in [1.807, 2.05) is 30.8 Å². The molecule has 1 aromatic rings. The molecule has 0 fully saturated rings. The minimum Gasteiger partial charge on any atom is -0.508 e. The molecule has 0 amide bonds. The van der Waals surface area contributed by atoms with Gasteiger partial charge in [0, 0.05) is 5.75 Å². The van der Waals surface area contributed by atoms with Crippen molar-refractivity contribution in [3.63, 3.8) is 0 Å². The molecule has 0 spiro atoms. The van der Waals surface area contributed by atoms with E-state index in [-0.39, 0.29) is 0 Å². The van der Waals surface area contributed by atoms with E-state index in [9.17, 15) is 5.11 Å². The topological polar surface area (TPSA) is 20.2 Å². The quantitative estimate of drug-likeness (QED) is 0.775. The molecule has 1 rings (SSSR count). The number of benzene rings is 1. The average molecular weight is 182 g/mol. The zero-order valence-corrected chi connectivity index (χ0v) is 8.32. The van der Waals surface area contributed by atoms with Crippen molar-refractivity contribution in [1.82, 2.24) is 0 Å². The van der Waals surface area contributed by atoms with Crippen LogP contribution in [-0.2, 0) is 5.75 Å². The SMILES string of the molecule is CCSCc1ccc(C)c(O)c1. The summed E-state index contributed by atoms with van der Waals surface area (Å²) in [6.07, 6.45) is 0. The Balaban J connectivity index is 2.69. The summed E-state index contributed by atoms with van der Waals surface area (Å²) in [6.45, 7) is 4.05. The van der Waals surface area contributed by atoms with Crippen LogP contribution in [0.1, 0.15) is 18.1 Å². The number of aryl methyl sites for hydroxylation is 1. The molecule has 0 aromatic heterocycles. The van der Waals surface area contributed by atoms with Crippen LogP contribution in [0.2, 0.25) is 0 Å². The van der Waals surface area contributed by atoms with Crippen molar-refractivity contribution in [3.8, 4) is 5.75 Å². The Hall–Kier alpha value is -0.630. The highest BCUT2D eigenvalue weighted by Crippen LogP contribution is 2.20.